The minimum absolute atomic E-state index is 0.117. The molecule has 0 aliphatic rings. The van der Waals surface area contributed by atoms with Crippen molar-refractivity contribution in [1.82, 2.24) is 19.4 Å². The van der Waals surface area contributed by atoms with Gasteiger partial charge in [-0.05, 0) is 32.1 Å². The Labute approximate surface area is 119 Å². The number of aromatic amines is 1. The van der Waals surface area contributed by atoms with Gasteiger partial charge < -0.3 is 4.57 Å². The molecule has 20 heavy (non-hydrogen) atoms. The fourth-order valence-corrected chi connectivity index (χ4v) is 1.83. The lowest BCUT2D eigenvalue weighted by Gasteiger charge is -1.99. The third kappa shape index (κ3) is 2.31. The highest BCUT2D eigenvalue weighted by molar-refractivity contribution is 7.71. The van der Waals surface area contributed by atoms with Crippen molar-refractivity contribution in [3.8, 4) is 6.07 Å². The van der Waals surface area contributed by atoms with Crippen LogP contribution in [-0.4, -0.2) is 25.7 Å². The van der Waals surface area contributed by atoms with Crippen molar-refractivity contribution in [2.45, 2.75) is 13.8 Å². The Hall–Kier alpha value is -2.53. The lowest BCUT2D eigenvalue weighted by atomic mass is 10.3. The monoisotopic (exact) mass is 288 g/mol. The normalized spacial score (nSPS) is 10.9. The summed E-state index contributed by atoms with van der Waals surface area (Å²) in [5.74, 6) is 0. The minimum Gasteiger partial charge on any atom is -0.339 e. The van der Waals surface area contributed by atoms with Gasteiger partial charge in [-0.15, -0.1) is 0 Å². The Morgan fingerprint density at radius 3 is 2.85 bits per heavy atom. The molecule has 102 valence electrons. The Balaban J connectivity index is 2.51. The first-order chi connectivity index (χ1) is 9.45. The van der Waals surface area contributed by atoms with Crippen LogP contribution in [0.25, 0.3) is 0 Å². The van der Waals surface area contributed by atoms with Crippen molar-refractivity contribution < 1.29 is 0 Å². The molecule has 0 saturated carbocycles. The van der Waals surface area contributed by atoms with Gasteiger partial charge in [0.1, 0.15) is 17.5 Å². The van der Waals surface area contributed by atoms with Crippen molar-refractivity contribution in [3.63, 3.8) is 0 Å². The SMILES string of the molecule is Cc1n[nH]c(=S)n(/N=C\c2cc(C#N)n(C)c2C)c1=O. The van der Waals surface area contributed by atoms with Crippen LogP contribution in [0.4, 0.5) is 0 Å². The first-order valence-corrected chi connectivity index (χ1v) is 6.15. The summed E-state index contributed by atoms with van der Waals surface area (Å²) < 4.78 is 2.93. The second-order valence-corrected chi connectivity index (χ2v) is 4.60. The molecule has 2 rings (SSSR count). The van der Waals surface area contributed by atoms with E-state index in [0.29, 0.717) is 5.69 Å². The van der Waals surface area contributed by atoms with Crippen molar-refractivity contribution in [3.05, 3.63) is 43.8 Å². The minimum atomic E-state index is -0.376. The van der Waals surface area contributed by atoms with Crippen molar-refractivity contribution in [2.24, 2.45) is 12.1 Å². The van der Waals surface area contributed by atoms with E-state index < -0.39 is 0 Å². The molecule has 0 aromatic carbocycles. The quantitative estimate of drug-likeness (QED) is 0.659. The largest absolute Gasteiger partial charge is 0.339 e. The van der Waals surface area contributed by atoms with Gasteiger partial charge in [-0.1, -0.05) is 0 Å². The summed E-state index contributed by atoms with van der Waals surface area (Å²) in [6.07, 6.45) is 1.50. The smallest absolute Gasteiger partial charge is 0.296 e. The molecule has 0 aliphatic carbocycles. The number of hydrogen-bond donors (Lipinski definition) is 1. The highest BCUT2D eigenvalue weighted by atomic mass is 32.1. The molecule has 0 saturated heterocycles. The standard InChI is InChI=1S/C12H12N6OS/c1-7-11(19)18(12(20)16-15-7)14-6-9-4-10(5-13)17(3)8(9)2/h4,6H,1-3H3,(H,16,20)/b14-6-. The molecule has 2 aromatic rings. The lowest BCUT2D eigenvalue weighted by molar-refractivity contribution is 0.720. The maximum Gasteiger partial charge on any atom is 0.296 e. The fraction of sp³-hybridized carbons (Fsp3) is 0.250. The van der Waals surface area contributed by atoms with Crippen LogP contribution in [0, 0.1) is 29.9 Å². The van der Waals surface area contributed by atoms with Crippen molar-refractivity contribution in [2.75, 3.05) is 0 Å². The molecular weight excluding hydrogens is 276 g/mol. The van der Waals surface area contributed by atoms with E-state index >= 15 is 0 Å². The molecule has 2 aromatic heterocycles. The molecule has 7 nitrogen and oxygen atoms in total. The van der Waals surface area contributed by atoms with Crippen LogP contribution in [0.2, 0.25) is 0 Å². The fourth-order valence-electron chi connectivity index (χ4n) is 1.66. The highest BCUT2D eigenvalue weighted by Crippen LogP contribution is 2.10. The number of hydrogen-bond acceptors (Lipinski definition) is 5. The number of rotatable bonds is 2. The first-order valence-electron chi connectivity index (χ1n) is 5.74. The predicted octanol–water partition coefficient (Wildman–Crippen LogP) is 1.01. The zero-order valence-corrected chi connectivity index (χ0v) is 12.0. The van der Waals surface area contributed by atoms with Gasteiger partial charge in [0.05, 0.1) is 6.21 Å². The van der Waals surface area contributed by atoms with Crippen LogP contribution in [0.5, 0.6) is 0 Å². The number of aryl methyl sites for hydroxylation is 1. The molecular formula is C12H12N6OS. The predicted molar refractivity (Wildman–Crippen MR) is 76.3 cm³/mol. The maximum absolute atomic E-state index is 11.9. The number of H-pyrrole nitrogens is 1. The van der Waals surface area contributed by atoms with Crippen LogP contribution < -0.4 is 5.56 Å². The van der Waals surface area contributed by atoms with E-state index in [1.165, 1.54) is 6.21 Å². The van der Waals surface area contributed by atoms with E-state index in [4.69, 9.17) is 17.5 Å². The van der Waals surface area contributed by atoms with Gasteiger partial charge in [0.2, 0.25) is 4.77 Å². The summed E-state index contributed by atoms with van der Waals surface area (Å²) >= 11 is 4.97. The van der Waals surface area contributed by atoms with E-state index in [0.717, 1.165) is 15.9 Å². The Morgan fingerprint density at radius 1 is 1.55 bits per heavy atom. The molecule has 0 amide bonds. The van der Waals surface area contributed by atoms with E-state index in [2.05, 4.69) is 21.4 Å². The summed E-state index contributed by atoms with van der Waals surface area (Å²) in [6, 6.07) is 3.78. The molecule has 0 unspecified atom stereocenters. The summed E-state index contributed by atoms with van der Waals surface area (Å²) in [5.41, 5.74) is 2.04. The van der Waals surface area contributed by atoms with Gasteiger partial charge in [-0.25, -0.2) is 0 Å². The molecule has 0 radical (unpaired) electrons. The third-order valence-electron chi connectivity index (χ3n) is 3.01. The van der Waals surface area contributed by atoms with Crippen LogP contribution >= 0.6 is 12.2 Å². The number of aromatic nitrogens is 4. The van der Waals surface area contributed by atoms with E-state index in [-0.39, 0.29) is 16.0 Å². The second-order valence-electron chi connectivity index (χ2n) is 4.22. The van der Waals surface area contributed by atoms with Gasteiger partial charge in [-0.3, -0.25) is 9.89 Å². The van der Waals surface area contributed by atoms with Crippen molar-refractivity contribution in [1.29, 1.82) is 5.26 Å². The first kappa shape index (κ1) is 13.9. The highest BCUT2D eigenvalue weighted by Gasteiger charge is 2.07. The maximum atomic E-state index is 11.9. The van der Waals surface area contributed by atoms with Gasteiger partial charge in [-0.2, -0.15) is 20.1 Å². The summed E-state index contributed by atoms with van der Waals surface area (Å²) in [6.45, 7) is 3.44. The Bertz CT molecular complexity index is 848. The van der Waals surface area contributed by atoms with Gasteiger partial charge >= 0.3 is 0 Å². The average Bonchev–Trinajstić information content (AvgIpc) is 2.71. The Morgan fingerprint density at radius 2 is 2.25 bits per heavy atom. The van der Waals surface area contributed by atoms with Gasteiger partial charge in [0.15, 0.2) is 0 Å². The van der Waals surface area contributed by atoms with Crippen molar-refractivity contribution >= 4 is 18.4 Å². The van der Waals surface area contributed by atoms with Crippen LogP contribution in [-0.2, 0) is 7.05 Å². The number of nitrogens with zero attached hydrogens (tertiary/aromatic N) is 5. The molecule has 8 heteroatoms. The van der Waals surface area contributed by atoms with Crippen LogP contribution in [0.1, 0.15) is 22.6 Å². The lowest BCUT2D eigenvalue weighted by Crippen LogP contribution is -2.22. The number of nitrogens with one attached hydrogen (secondary N) is 1. The molecule has 0 spiro atoms. The van der Waals surface area contributed by atoms with Gasteiger partial charge in [0, 0.05) is 18.3 Å². The third-order valence-corrected chi connectivity index (χ3v) is 3.28. The zero-order valence-electron chi connectivity index (χ0n) is 11.2. The molecule has 0 aliphatic heterocycles. The zero-order chi connectivity index (χ0) is 14.9. The van der Waals surface area contributed by atoms with Gasteiger partial charge in [0.25, 0.3) is 5.56 Å². The Kier molecular flexibility index (Phi) is 3.63. The van der Waals surface area contributed by atoms with Crippen LogP contribution in [0.15, 0.2) is 16.0 Å². The molecule has 1 N–H and O–H groups in total. The summed E-state index contributed by atoms with van der Waals surface area (Å²) in [7, 11) is 1.79. The second kappa shape index (κ2) is 5.22. The van der Waals surface area contributed by atoms with E-state index in [1.807, 2.05) is 6.92 Å². The molecule has 0 atom stereocenters. The van der Waals surface area contributed by atoms with E-state index in [9.17, 15) is 4.79 Å². The summed E-state index contributed by atoms with van der Waals surface area (Å²) in [5, 5.41) is 19.3. The van der Waals surface area contributed by atoms with E-state index in [1.54, 1.807) is 24.6 Å². The number of nitriles is 1. The van der Waals surface area contributed by atoms with Crippen LogP contribution in [0.3, 0.4) is 0 Å². The molecule has 2 heterocycles. The average molecular weight is 288 g/mol. The summed E-state index contributed by atoms with van der Waals surface area (Å²) in [4.78, 5) is 11.9. The molecule has 0 bridgehead atoms. The molecule has 0 fully saturated rings. The topological polar surface area (TPSA) is 91.8 Å².